The van der Waals surface area contributed by atoms with E-state index in [1.807, 2.05) is 30.3 Å². The van der Waals surface area contributed by atoms with Crippen molar-refractivity contribution in [3.05, 3.63) is 35.9 Å². The van der Waals surface area contributed by atoms with E-state index >= 15 is 0 Å². The van der Waals surface area contributed by atoms with Crippen LogP contribution in [0.2, 0.25) is 0 Å². The van der Waals surface area contributed by atoms with Crippen LogP contribution in [0.3, 0.4) is 0 Å². The largest absolute Gasteiger partial charge is 0.481 e. The van der Waals surface area contributed by atoms with Gasteiger partial charge >= 0.3 is 5.97 Å². The zero-order chi connectivity index (χ0) is 16.7. The molecule has 0 aromatic heterocycles. The number of aliphatic carboxylic acids is 1. The van der Waals surface area contributed by atoms with E-state index < -0.39 is 5.97 Å². The van der Waals surface area contributed by atoms with E-state index in [0.29, 0.717) is 24.7 Å². The summed E-state index contributed by atoms with van der Waals surface area (Å²) in [6.45, 7) is 0. The van der Waals surface area contributed by atoms with Gasteiger partial charge in [0.2, 0.25) is 5.91 Å². The van der Waals surface area contributed by atoms with Crippen molar-refractivity contribution in [3.63, 3.8) is 0 Å². The monoisotopic (exact) mass is 327 g/mol. The third-order valence-corrected chi connectivity index (χ3v) is 6.42. The SMILES string of the molecule is O=C(O)CCC(Cc1ccccc1)NC(=O)C1C2C3CCC(C3)C12. The molecule has 3 aliphatic rings. The fraction of sp³-hybridized carbons (Fsp3) is 0.600. The second-order valence-electron chi connectivity index (χ2n) is 7.84. The molecule has 4 rings (SSSR count). The van der Waals surface area contributed by atoms with Gasteiger partial charge in [-0.1, -0.05) is 30.3 Å². The van der Waals surface area contributed by atoms with Crippen molar-refractivity contribution >= 4 is 11.9 Å². The molecule has 5 unspecified atom stereocenters. The molecule has 0 aliphatic heterocycles. The normalized spacial score (nSPS) is 33.8. The van der Waals surface area contributed by atoms with Crippen molar-refractivity contribution in [1.82, 2.24) is 5.32 Å². The van der Waals surface area contributed by atoms with Crippen molar-refractivity contribution in [2.45, 2.75) is 44.6 Å². The zero-order valence-electron chi connectivity index (χ0n) is 13.9. The molecule has 1 aromatic carbocycles. The Morgan fingerprint density at radius 1 is 1.12 bits per heavy atom. The van der Waals surface area contributed by atoms with Crippen LogP contribution in [0.5, 0.6) is 0 Å². The Morgan fingerprint density at radius 3 is 2.42 bits per heavy atom. The van der Waals surface area contributed by atoms with Crippen molar-refractivity contribution < 1.29 is 14.7 Å². The highest BCUT2D eigenvalue weighted by Crippen LogP contribution is 2.69. The maximum Gasteiger partial charge on any atom is 0.303 e. The first-order chi connectivity index (χ1) is 11.6. The lowest BCUT2D eigenvalue weighted by atomic mass is 9.99. The lowest BCUT2D eigenvalue weighted by Crippen LogP contribution is -2.39. The Kier molecular flexibility index (Phi) is 4.07. The molecule has 0 heterocycles. The van der Waals surface area contributed by atoms with Gasteiger partial charge in [0, 0.05) is 18.4 Å². The molecule has 2 N–H and O–H groups in total. The van der Waals surface area contributed by atoms with E-state index in [1.54, 1.807) is 0 Å². The number of nitrogens with one attached hydrogen (secondary N) is 1. The highest BCUT2D eigenvalue weighted by Gasteiger charge is 2.67. The Bertz CT molecular complexity index is 613. The quantitative estimate of drug-likeness (QED) is 0.809. The number of rotatable bonds is 7. The van der Waals surface area contributed by atoms with Crippen molar-refractivity contribution in [2.24, 2.45) is 29.6 Å². The molecule has 4 heteroatoms. The first-order valence-corrected chi connectivity index (χ1v) is 9.19. The van der Waals surface area contributed by atoms with E-state index in [-0.39, 0.29) is 24.3 Å². The standard InChI is InChI=1S/C20H25NO3/c22-16(23)9-8-15(10-12-4-2-1-3-5-12)21-20(24)19-17-13-6-7-14(11-13)18(17)19/h1-5,13-15,17-19H,6-11H2,(H,21,24)(H,22,23). The highest BCUT2D eigenvalue weighted by atomic mass is 16.4. The summed E-state index contributed by atoms with van der Waals surface area (Å²) < 4.78 is 0. The molecule has 0 spiro atoms. The third kappa shape index (κ3) is 2.94. The molecular formula is C20H25NO3. The van der Waals surface area contributed by atoms with Gasteiger partial charge in [0.05, 0.1) is 0 Å². The molecule has 2 bridgehead atoms. The Morgan fingerprint density at radius 2 is 1.79 bits per heavy atom. The summed E-state index contributed by atoms with van der Waals surface area (Å²) in [4.78, 5) is 23.7. The number of amides is 1. The van der Waals surface area contributed by atoms with Gasteiger partial charge in [-0.3, -0.25) is 9.59 Å². The first-order valence-electron chi connectivity index (χ1n) is 9.19. The van der Waals surface area contributed by atoms with Crippen LogP contribution < -0.4 is 5.32 Å². The minimum atomic E-state index is -0.802. The lowest BCUT2D eigenvalue weighted by Gasteiger charge is -2.19. The molecular weight excluding hydrogens is 302 g/mol. The van der Waals surface area contributed by atoms with Gasteiger partial charge in [0.15, 0.2) is 0 Å². The summed E-state index contributed by atoms with van der Waals surface area (Å²) in [5.74, 6) is 2.39. The van der Waals surface area contributed by atoms with Gasteiger partial charge in [0.25, 0.3) is 0 Å². The van der Waals surface area contributed by atoms with Gasteiger partial charge in [-0.15, -0.1) is 0 Å². The van der Waals surface area contributed by atoms with E-state index in [1.165, 1.54) is 19.3 Å². The molecule has 0 radical (unpaired) electrons. The second kappa shape index (κ2) is 6.23. The maximum atomic E-state index is 12.7. The smallest absolute Gasteiger partial charge is 0.303 e. The number of hydrogen-bond acceptors (Lipinski definition) is 2. The van der Waals surface area contributed by atoms with Crippen LogP contribution in [0.25, 0.3) is 0 Å². The van der Waals surface area contributed by atoms with Crippen LogP contribution in [0, 0.1) is 29.6 Å². The highest BCUT2D eigenvalue weighted by molar-refractivity contribution is 5.83. The van der Waals surface area contributed by atoms with Crippen molar-refractivity contribution in [2.75, 3.05) is 0 Å². The number of hydrogen-bond donors (Lipinski definition) is 2. The van der Waals surface area contributed by atoms with Crippen LogP contribution in [0.1, 0.15) is 37.7 Å². The van der Waals surface area contributed by atoms with Gasteiger partial charge < -0.3 is 10.4 Å². The average Bonchev–Trinajstić information content (AvgIpc) is 3.02. The maximum absolute atomic E-state index is 12.7. The topological polar surface area (TPSA) is 66.4 Å². The van der Waals surface area contributed by atoms with E-state index in [2.05, 4.69) is 5.32 Å². The summed E-state index contributed by atoms with van der Waals surface area (Å²) >= 11 is 0. The molecule has 128 valence electrons. The van der Waals surface area contributed by atoms with Crippen molar-refractivity contribution in [3.8, 4) is 0 Å². The summed E-state index contributed by atoms with van der Waals surface area (Å²) in [5.41, 5.74) is 1.14. The molecule has 5 atom stereocenters. The minimum Gasteiger partial charge on any atom is -0.481 e. The lowest BCUT2D eigenvalue weighted by molar-refractivity contribution is -0.137. The molecule has 0 saturated heterocycles. The number of benzene rings is 1. The number of carboxylic acids is 1. The van der Waals surface area contributed by atoms with Crippen LogP contribution in [-0.2, 0) is 16.0 Å². The Hall–Kier alpha value is -1.84. The molecule has 1 amide bonds. The second-order valence-corrected chi connectivity index (χ2v) is 7.84. The number of fused-ring (bicyclic) bond motifs is 5. The van der Waals surface area contributed by atoms with Gasteiger partial charge in [-0.2, -0.15) is 0 Å². The Labute approximate surface area is 142 Å². The minimum absolute atomic E-state index is 0.0880. The Balaban J connectivity index is 1.38. The fourth-order valence-electron chi connectivity index (χ4n) is 5.39. The van der Waals surface area contributed by atoms with Crippen LogP contribution in [-0.4, -0.2) is 23.0 Å². The van der Waals surface area contributed by atoms with Gasteiger partial charge in [-0.25, -0.2) is 0 Å². The van der Waals surface area contributed by atoms with Gasteiger partial charge in [-0.05, 0) is 61.3 Å². The molecule has 24 heavy (non-hydrogen) atoms. The van der Waals surface area contributed by atoms with Crippen LogP contribution in [0.15, 0.2) is 30.3 Å². The molecule has 1 aromatic rings. The van der Waals surface area contributed by atoms with E-state index in [4.69, 9.17) is 5.11 Å². The van der Waals surface area contributed by atoms with Gasteiger partial charge in [0.1, 0.15) is 0 Å². The summed E-state index contributed by atoms with van der Waals surface area (Å²) in [7, 11) is 0. The van der Waals surface area contributed by atoms with E-state index in [0.717, 1.165) is 17.4 Å². The average molecular weight is 327 g/mol. The summed E-state index contributed by atoms with van der Waals surface area (Å²) in [6, 6.07) is 9.91. The van der Waals surface area contributed by atoms with Crippen molar-refractivity contribution in [1.29, 1.82) is 0 Å². The number of carbonyl (C=O) groups excluding carboxylic acids is 1. The predicted octanol–water partition coefficient (Wildman–Crippen LogP) is 2.87. The first kappa shape index (κ1) is 15.7. The van der Waals surface area contributed by atoms with Crippen LogP contribution >= 0.6 is 0 Å². The summed E-state index contributed by atoms with van der Waals surface area (Å²) in [6.07, 6.45) is 5.25. The summed E-state index contributed by atoms with van der Waals surface area (Å²) in [5, 5.41) is 12.2. The number of carboxylic acid groups (broad SMARTS) is 1. The zero-order valence-corrected chi connectivity index (χ0v) is 13.9. The van der Waals surface area contributed by atoms with Crippen LogP contribution in [0.4, 0.5) is 0 Å². The molecule has 3 saturated carbocycles. The molecule has 4 nitrogen and oxygen atoms in total. The van der Waals surface area contributed by atoms with E-state index in [9.17, 15) is 9.59 Å². The fourth-order valence-corrected chi connectivity index (χ4v) is 5.39. The molecule has 3 aliphatic carbocycles. The molecule has 3 fully saturated rings. The number of carbonyl (C=O) groups is 2. The predicted molar refractivity (Wildman–Crippen MR) is 90.2 cm³/mol. The third-order valence-electron chi connectivity index (χ3n) is 6.42.